The summed E-state index contributed by atoms with van der Waals surface area (Å²) in [6, 6.07) is 2.41. The lowest BCUT2D eigenvalue weighted by Gasteiger charge is -2.20. The van der Waals surface area contributed by atoms with Crippen molar-refractivity contribution in [3.05, 3.63) is 18.5 Å². The Labute approximate surface area is 158 Å². The highest BCUT2D eigenvalue weighted by Crippen LogP contribution is 2.08. The van der Waals surface area contributed by atoms with Crippen LogP contribution in [0.4, 0.5) is 0 Å². The van der Waals surface area contributed by atoms with Crippen molar-refractivity contribution in [1.82, 2.24) is 20.4 Å². The molecule has 6 heteroatoms. The summed E-state index contributed by atoms with van der Waals surface area (Å²) in [6.07, 6.45) is 7.55. The lowest BCUT2D eigenvalue weighted by Crippen LogP contribution is -2.44. The molecule has 0 aliphatic heterocycles. The summed E-state index contributed by atoms with van der Waals surface area (Å²) >= 11 is 0. The molecule has 0 saturated carbocycles. The zero-order chi connectivity index (χ0) is 16.4. The zero-order valence-electron chi connectivity index (χ0n) is 15.2. The summed E-state index contributed by atoms with van der Waals surface area (Å²) in [7, 11) is 1.83. The van der Waals surface area contributed by atoms with E-state index in [1.165, 1.54) is 19.3 Å². The minimum absolute atomic E-state index is 0. The van der Waals surface area contributed by atoms with E-state index >= 15 is 0 Å². The highest BCUT2D eigenvalue weighted by atomic mass is 127. The zero-order valence-corrected chi connectivity index (χ0v) is 17.6. The first-order chi connectivity index (χ1) is 10.5. The number of hydrogen-bond donors (Lipinski definition) is 2. The van der Waals surface area contributed by atoms with Crippen LogP contribution in [0.15, 0.2) is 23.5 Å². The topological polar surface area (TPSA) is 54.2 Å². The summed E-state index contributed by atoms with van der Waals surface area (Å²) in [6.45, 7) is 10.8. The van der Waals surface area contributed by atoms with Gasteiger partial charge in [0, 0.05) is 38.6 Å². The molecule has 0 spiro atoms. The van der Waals surface area contributed by atoms with Gasteiger partial charge in [-0.3, -0.25) is 9.67 Å². The van der Waals surface area contributed by atoms with E-state index < -0.39 is 0 Å². The summed E-state index contributed by atoms with van der Waals surface area (Å²) in [5.41, 5.74) is 0. The van der Waals surface area contributed by atoms with Gasteiger partial charge in [0.1, 0.15) is 0 Å². The van der Waals surface area contributed by atoms with E-state index in [2.05, 4.69) is 48.4 Å². The summed E-state index contributed by atoms with van der Waals surface area (Å²) in [4.78, 5) is 4.31. The molecule has 1 heterocycles. The van der Waals surface area contributed by atoms with Crippen molar-refractivity contribution in [2.45, 2.75) is 59.5 Å². The molecule has 23 heavy (non-hydrogen) atoms. The molecule has 0 aromatic carbocycles. The highest BCUT2D eigenvalue weighted by molar-refractivity contribution is 14.0. The molecule has 0 bridgehead atoms. The Hall–Kier alpha value is -0.790. The Kier molecular flexibility index (Phi) is 12.2. The normalized spacial score (nSPS) is 14.3. The molecule has 2 unspecified atom stereocenters. The van der Waals surface area contributed by atoms with E-state index in [0.717, 1.165) is 25.0 Å². The fourth-order valence-corrected chi connectivity index (χ4v) is 2.40. The second-order valence-corrected chi connectivity index (χ2v) is 6.66. The van der Waals surface area contributed by atoms with Crippen molar-refractivity contribution >= 4 is 29.9 Å². The average Bonchev–Trinajstić information content (AvgIpc) is 2.95. The average molecular weight is 435 g/mol. The SMILES string of the molecule is CN=C(NCC(C)Cn1cccn1)NC(C)CCCC(C)C.I. The van der Waals surface area contributed by atoms with Gasteiger partial charge in [-0.1, -0.05) is 33.6 Å². The van der Waals surface area contributed by atoms with Crippen molar-refractivity contribution in [1.29, 1.82) is 0 Å². The molecule has 0 radical (unpaired) electrons. The molecule has 1 aromatic rings. The highest BCUT2D eigenvalue weighted by Gasteiger charge is 2.08. The standard InChI is InChI=1S/C17H33N5.HI/c1-14(2)8-6-9-16(4)21-17(18-5)19-12-15(3)13-22-11-7-10-20-22;/h7,10-11,14-16H,6,8-9,12-13H2,1-5H3,(H2,18,19,21);1H. The van der Waals surface area contributed by atoms with Crippen LogP contribution in [0.5, 0.6) is 0 Å². The van der Waals surface area contributed by atoms with E-state index in [1.54, 1.807) is 0 Å². The second-order valence-electron chi connectivity index (χ2n) is 6.66. The summed E-state index contributed by atoms with van der Waals surface area (Å²) in [5, 5.41) is 11.1. The van der Waals surface area contributed by atoms with Crippen LogP contribution in [0.3, 0.4) is 0 Å². The Bertz CT molecular complexity index is 417. The predicted molar refractivity (Wildman–Crippen MR) is 109 cm³/mol. The van der Waals surface area contributed by atoms with Gasteiger partial charge in [-0.05, 0) is 31.2 Å². The number of halogens is 1. The third-order valence-corrected chi connectivity index (χ3v) is 3.70. The Balaban J connectivity index is 0.00000484. The Morgan fingerprint density at radius 1 is 1.22 bits per heavy atom. The first-order valence-electron chi connectivity index (χ1n) is 8.45. The lowest BCUT2D eigenvalue weighted by molar-refractivity contribution is 0.440. The minimum atomic E-state index is 0. The van der Waals surface area contributed by atoms with Gasteiger partial charge in [0.05, 0.1) is 0 Å². The third kappa shape index (κ3) is 10.6. The van der Waals surface area contributed by atoms with Crippen LogP contribution in [0.2, 0.25) is 0 Å². The van der Waals surface area contributed by atoms with Crippen LogP contribution in [0, 0.1) is 11.8 Å². The lowest BCUT2D eigenvalue weighted by atomic mass is 10.0. The van der Waals surface area contributed by atoms with Gasteiger partial charge in [-0.2, -0.15) is 5.10 Å². The molecule has 2 N–H and O–H groups in total. The molecule has 0 saturated heterocycles. The molecule has 0 fully saturated rings. The van der Waals surface area contributed by atoms with Crippen LogP contribution in [-0.4, -0.2) is 35.4 Å². The van der Waals surface area contributed by atoms with Crippen molar-refractivity contribution in [2.75, 3.05) is 13.6 Å². The van der Waals surface area contributed by atoms with Gasteiger partial charge < -0.3 is 10.6 Å². The Morgan fingerprint density at radius 2 is 1.96 bits per heavy atom. The van der Waals surface area contributed by atoms with E-state index in [-0.39, 0.29) is 24.0 Å². The smallest absolute Gasteiger partial charge is 0.191 e. The van der Waals surface area contributed by atoms with Crippen LogP contribution in [-0.2, 0) is 6.54 Å². The molecule has 134 valence electrons. The fraction of sp³-hybridized carbons (Fsp3) is 0.765. The number of rotatable bonds is 9. The first-order valence-corrected chi connectivity index (χ1v) is 8.45. The molecule has 0 aliphatic carbocycles. The van der Waals surface area contributed by atoms with Gasteiger partial charge in [0.2, 0.25) is 0 Å². The number of hydrogen-bond acceptors (Lipinski definition) is 2. The molecule has 2 atom stereocenters. The van der Waals surface area contributed by atoms with Gasteiger partial charge in [0.15, 0.2) is 5.96 Å². The molecule has 0 aliphatic rings. The molecule has 0 amide bonds. The third-order valence-electron chi connectivity index (χ3n) is 3.70. The molecular weight excluding hydrogens is 401 g/mol. The van der Waals surface area contributed by atoms with Crippen LogP contribution >= 0.6 is 24.0 Å². The summed E-state index contributed by atoms with van der Waals surface area (Å²) in [5.74, 6) is 2.17. The largest absolute Gasteiger partial charge is 0.356 e. The molecular formula is C17H34IN5. The maximum atomic E-state index is 4.31. The van der Waals surface area contributed by atoms with Crippen molar-refractivity contribution in [2.24, 2.45) is 16.8 Å². The van der Waals surface area contributed by atoms with Crippen molar-refractivity contribution < 1.29 is 0 Å². The van der Waals surface area contributed by atoms with Gasteiger partial charge in [0.25, 0.3) is 0 Å². The van der Waals surface area contributed by atoms with Crippen LogP contribution in [0.1, 0.15) is 47.0 Å². The van der Waals surface area contributed by atoms with Gasteiger partial charge >= 0.3 is 0 Å². The van der Waals surface area contributed by atoms with E-state index in [4.69, 9.17) is 0 Å². The maximum absolute atomic E-state index is 4.31. The van der Waals surface area contributed by atoms with E-state index in [9.17, 15) is 0 Å². The number of aromatic nitrogens is 2. The van der Waals surface area contributed by atoms with Crippen LogP contribution in [0.25, 0.3) is 0 Å². The molecule has 1 rings (SSSR count). The van der Waals surface area contributed by atoms with Crippen LogP contribution < -0.4 is 10.6 Å². The number of aliphatic imine (C=N–C) groups is 1. The number of nitrogens with one attached hydrogen (secondary N) is 2. The minimum Gasteiger partial charge on any atom is -0.356 e. The number of guanidine groups is 1. The second kappa shape index (κ2) is 12.6. The predicted octanol–water partition coefficient (Wildman–Crippen LogP) is 3.52. The maximum Gasteiger partial charge on any atom is 0.191 e. The van der Waals surface area contributed by atoms with Gasteiger partial charge in [-0.15, -0.1) is 24.0 Å². The fourth-order valence-electron chi connectivity index (χ4n) is 2.40. The summed E-state index contributed by atoms with van der Waals surface area (Å²) < 4.78 is 1.97. The molecule has 5 nitrogen and oxygen atoms in total. The Morgan fingerprint density at radius 3 is 2.52 bits per heavy atom. The van der Waals surface area contributed by atoms with Crippen molar-refractivity contribution in [3.63, 3.8) is 0 Å². The molecule has 1 aromatic heterocycles. The van der Waals surface area contributed by atoms with Gasteiger partial charge in [-0.25, -0.2) is 0 Å². The van der Waals surface area contributed by atoms with E-state index in [1.807, 2.05) is 30.2 Å². The quantitative estimate of drug-likeness (QED) is 0.355. The van der Waals surface area contributed by atoms with E-state index in [0.29, 0.717) is 12.0 Å². The number of nitrogens with zero attached hydrogens (tertiary/aromatic N) is 3. The first kappa shape index (κ1) is 22.2. The monoisotopic (exact) mass is 435 g/mol. The van der Waals surface area contributed by atoms with Crippen molar-refractivity contribution in [3.8, 4) is 0 Å².